The summed E-state index contributed by atoms with van der Waals surface area (Å²) in [5, 5.41) is 23.1. The van der Waals surface area contributed by atoms with Gasteiger partial charge in [0.15, 0.2) is 0 Å². The van der Waals surface area contributed by atoms with Crippen LogP contribution in [0.3, 0.4) is 0 Å². The van der Waals surface area contributed by atoms with Gasteiger partial charge in [-0.05, 0) is 44.7 Å². The molecule has 7 nitrogen and oxygen atoms in total. The van der Waals surface area contributed by atoms with Crippen molar-refractivity contribution in [3.8, 4) is 0 Å². The SMILES string of the molecule is Cc1cc(NC(=O)N2CCC([C@@H](C)O)CC2)ccc1[N+](=O)[O-]. The minimum Gasteiger partial charge on any atom is -0.393 e. The Morgan fingerprint density at radius 3 is 2.59 bits per heavy atom. The molecular formula is C15H21N3O4. The van der Waals surface area contributed by atoms with Crippen LogP contribution in [0.4, 0.5) is 16.2 Å². The molecule has 1 aromatic carbocycles. The van der Waals surface area contributed by atoms with E-state index in [0.717, 1.165) is 12.8 Å². The molecule has 0 bridgehead atoms. The number of carbonyl (C=O) groups excluding carboxylic acids is 1. The van der Waals surface area contributed by atoms with E-state index in [4.69, 9.17) is 0 Å². The summed E-state index contributed by atoms with van der Waals surface area (Å²) in [6.07, 6.45) is 1.22. The van der Waals surface area contributed by atoms with Gasteiger partial charge in [0.05, 0.1) is 11.0 Å². The molecule has 120 valence electrons. The lowest BCUT2D eigenvalue weighted by Gasteiger charge is -2.33. The number of hydrogen-bond donors (Lipinski definition) is 2. The Bertz CT molecular complexity index is 566. The van der Waals surface area contributed by atoms with Gasteiger partial charge in [-0.1, -0.05) is 0 Å². The van der Waals surface area contributed by atoms with Crippen LogP contribution in [-0.2, 0) is 0 Å². The zero-order valence-corrected chi connectivity index (χ0v) is 12.8. The fourth-order valence-electron chi connectivity index (χ4n) is 2.73. The minimum atomic E-state index is -0.443. The standard InChI is InChI=1S/C15H21N3O4/c1-10-9-13(3-4-14(10)18(21)22)16-15(20)17-7-5-12(6-8-17)11(2)19/h3-4,9,11-12,19H,5-8H2,1-2H3,(H,16,20)/t11-/m1/s1. The van der Waals surface area contributed by atoms with E-state index in [0.29, 0.717) is 24.3 Å². The average molecular weight is 307 g/mol. The van der Waals surface area contributed by atoms with Gasteiger partial charge >= 0.3 is 6.03 Å². The highest BCUT2D eigenvalue weighted by atomic mass is 16.6. The Balaban J connectivity index is 1.95. The Morgan fingerprint density at radius 2 is 2.09 bits per heavy atom. The van der Waals surface area contributed by atoms with Crippen molar-refractivity contribution >= 4 is 17.4 Å². The maximum Gasteiger partial charge on any atom is 0.321 e. The molecule has 1 aliphatic rings. The number of aliphatic hydroxyl groups excluding tert-OH is 1. The second-order valence-corrected chi connectivity index (χ2v) is 5.75. The number of rotatable bonds is 3. The first-order valence-electron chi connectivity index (χ1n) is 7.37. The molecular weight excluding hydrogens is 286 g/mol. The zero-order valence-electron chi connectivity index (χ0n) is 12.8. The number of amides is 2. The number of anilines is 1. The van der Waals surface area contributed by atoms with Crippen molar-refractivity contribution in [3.63, 3.8) is 0 Å². The molecule has 1 atom stereocenters. The van der Waals surface area contributed by atoms with E-state index in [1.165, 1.54) is 12.1 Å². The lowest BCUT2D eigenvalue weighted by molar-refractivity contribution is -0.385. The van der Waals surface area contributed by atoms with Crippen molar-refractivity contribution in [2.45, 2.75) is 32.8 Å². The number of aliphatic hydroxyl groups is 1. The summed E-state index contributed by atoms with van der Waals surface area (Å²) in [6, 6.07) is 4.31. The summed E-state index contributed by atoms with van der Waals surface area (Å²) in [6.45, 7) is 4.63. The van der Waals surface area contributed by atoms with Gasteiger partial charge < -0.3 is 15.3 Å². The highest BCUT2D eigenvalue weighted by molar-refractivity contribution is 5.89. The summed E-state index contributed by atoms with van der Waals surface area (Å²) in [4.78, 5) is 24.2. The predicted molar refractivity (Wildman–Crippen MR) is 82.8 cm³/mol. The molecule has 1 heterocycles. The molecule has 0 aromatic heterocycles. The van der Waals surface area contributed by atoms with Crippen LogP contribution in [0.15, 0.2) is 18.2 Å². The molecule has 2 rings (SSSR count). The Kier molecular flexibility index (Phi) is 4.97. The molecule has 0 radical (unpaired) electrons. The van der Waals surface area contributed by atoms with Crippen LogP contribution in [0.2, 0.25) is 0 Å². The van der Waals surface area contributed by atoms with Gasteiger partial charge in [-0.15, -0.1) is 0 Å². The van der Waals surface area contributed by atoms with Gasteiger partial charge in [0.1, 0.15) is 0 Å². The van der Waals surface area contributed by atoms with Crippen LogP contribution in [0, 0.1) is 23.0 Å². The second-order valence-electron chi connectivity index (χ2n) is 5.75. The van der Waals surface area contributed by atoms with Crippen molar-refractivity contribution < 1.29 is 14.8 Å². The van der Waals surface area contributed by atoms with Gasteiger partial charge in [-0.25, -0.2) is 4.79 Å². The molecule has 2 N–H and O–H groups in total. The van der Waals surface area contributed by atoms with Crippen LogP contribution >= 0.6 is 0 Å². The Hall–Kier alpha value is -2.15. The summed E-state index contributed by atoms with van der Waals surface area (Å²) in [5.41, 5.74) is 1.09. The van der Waals surface area contributed by atoms with E-state index in [1.807, 2.05) is 0 Å². The van der Waals surface area contributed by atoms with E-state index in [9.17, 15) is 20.0 Å². The fraction of sp³-hybridized carbons (Fsp3) is 0.533. The third-order valence-corrected chi connectivity index (χ3v) is 4.15. The van der Waals surface area contributed by atoms with Crippen LogP contribution < -0.4 is 5.32 Å². The number of piperidine rings is 1. The first-order valence-corrected chi connectivity index (χ1v) is 7.37. The number of nitro groups is 1. The Morgan fingerprint density at radius 1 is 1.45 bits per heavy atom. The van der Waals surface area contributed by atoms with Crippen LogP contribution in [0.1, 0.15) is 25.3 Å². The molecule has 1 fully saturated rings. The fourth-order valence-corrected chi connectivity index (χ4v) is 2.73. The maximum atomic E-state index is 12.2. The monoisotopic (exact) mass is 307 g/mol. The normalized spacial score (nSPS) is 17.1. The van der Waals surface area contributed by atoms with Crippen molar-refractivity contribution in [1.29, 1.82) is 0 Å². The maximum absolute atomic E-state index is 12.2. The Labute approximate surface area is 129 Å². The van der Waals surface area contributed by atoms with Gasteiger partial charge in [0, 0.05) is 30.4 Å². The van der Waals surface area contributed by atoms with E-state index >= 15 is 0 Å². The highest BCUT2D eigenvalue weighted by Gasteiger charge is 2.25. The molecule has 1 aromatic rings. The molecule has 0 spiro atoms. The summed E-state index contributed by atoms with van der Waals surface area (Å²) >= 11 is 0. The first kappa shape index (κ1) is 16.2. The molecule has 22 heavy (non-hydrogen) atoms. The van der Waals surface area contributed by atoms with Gasteiger partial charge in [0.2, 0.25) is 0 Å². The van der Waals surface area contributed by atoms with Crippen molar-refractivity contribution in [3.05, 3.63) is 33.9 Å². The summed E-state index contributed by atoms with van der Waals surface area (Å²) in [7, 11) is 0. The first-order chi connectivity index (χ1) is 10.4. The quantitative estimate of drug-likeness (QED) is 0.662. The summed E-state index contributed by atoms with van der Waals surface area (Å²) in [5.74, 6) is 0.241. The van der Waals surface area contributed by atoms with Crippen LogP contribution in [0.5, 0.6) is 0 Å². The number of likely N-dealkylation sites (tertiary alicyclic amines) is 1. The van der Waals surface area contributed by atoms with E-state index in [-0.39, 0.29) is 23.7 Å². The predicted octanol–water partition coefficient (Wildman–Crippen LogP) is 2.53. The second kappa shape index (κ2) is 6.74. The van der Waals surface area contributed by atoms with Crippen molar-refractivity contribution in [2.24, 2.45) is 5.92 Å². The number of nitro benzene ring substituents is 1. The largest absolute Gasteiger partial charge is 0.393 e. The van der Waals surface area contributed by atoms with E-state index in [2.05, 4.69) is 5.32 Å². The number of nitrogens with one attached hydrogen (secondary N) is 1. The molecule has 1 aliphatic heterocycles. The molecule has 0 aliphatic carbocycles. The molecule has 1 saturated heterocycles. The molecule has 0 saturated carbocycles. The van der Waals surface area contributed by atoms with Crippen LogP contribution in [-0.4, -0.2) is 40.2 Å². The van der Waals surface area contributed by atoms with E-state index in [1.54, 1.807) is 24.8 Å². The van der Waals surface area contributed by atoms with E-state index < -0.39 is 4.92 Å². The molecule has 2 amide bonds. The van der Waals surface area contributed by atoms with Gasteiger partial charge in [-0.3, -0.25) is 10.1 Å². The molecule has 0 unspecified atom stereocenters. The number of nitrogens with zero attached hydrogens (tertiary/aromatic N) is 2. The average Bonchev–Trinajstić information content (AvgIpc) is 2.47. The topological polar surface area (TPSA) is 95.7 Å². The van der Waals surface area contributed by atoms with Gasteiger partial charge in [0.25, 0.3) is 5.69 Å². The number of urea groups is 1. The van der Waals surface area contributed by atoms with Gasteiger partial charge in [-0.2, -0.15) is 0 Å². The summed E-state index contributed by atoms with van der Waals surface area (Å²) < 4.78 is 0. The van der Waals surface area contributed by atoms with Crippen molar-refractivity contribution in [2.75, 3.05) is 18.4 Å². The van der Waals surface area contributed by atoms with Crippen LogP contribution in [0.25, 0.3) is 0 Å². The highest BCUT2D eigenvalue weighted by Crippen LogP contribution is 2.23. The molecule has 7 heteroatoms. The number of carbonyl (C=O) groups is 1. The van der Waals surface area contributed by atoms with Crippen molar-refractivity contribution in [1.82, 2.24) is 4.90 Å². The number of aryl methyl sites for hydroxylation is 1. The lowest BCUT2D eigenvalue weighted by atomic mass is 9.92. The number of hydrogen-bond acceptors (Lipinski definition) is 4. The third kappa shape index (κ3) is 3.73. The zero-order chi connectivity index (χ0) is 16.3. The smallest absolute Gasteiger partial charge is 0.321 e. The lowest BCUT2D eigenvalue weighted by Crippen LogP contribution is -2.42. The minimum absolute atomic E-state index is 0.0377. The number of benzene rings is 1. The third-order valence-electron chi connectivity index (χ3n) is 4.15.